The third-order valence-corrected chi connectivity index (χ3v) is 3.89. The number of rotatable bonds is 8. The Morgan fingerprint density at radius 1 is 1.32 bits per heavy atom. The second-order valence-corrected chi connectivity index (χ2v) is 6.51. The molecule has 0 bridgehead atoms. The third-order valence-electron chi connectivity index (χ3n) is 3.89. The first-order valence-corrected chi connectivity index (χ1v) is 7.96. The maximum absolute atomic E-state index is 6.41. The summed E-state index contributed by atoms with van der Waals surface area (Å²) in [5.41, 5.74) is 0.0124. The van der Waals surface area contributed by atoms with Gasteiger partial charge in [0.25, 0.3) is 0 Å². The molecule has 1 fully saturated rings. The highest BCUT2D eigenvalue weighted by Crippen LogP contribution is 2.35. The lowest BCUT2D eigenvalue weighted by atomic mass is 9.78. The number of hydrogen-bond donors (Lipinski definition) is 1. The Morgan fingerprint density at radius 2 is 2.05 bits per heavy atom. The fraction of sp³-hybridized carbons (Fsp3) is 1.00. The molecule has 114 valence electrons. The average molecular weight is 271 g/mol. The van der Waals surface area contributed by atoms with Crippen LogP contribution in [0.15, 0.2) is 0 Å². The summed E-state index contributed by atoms with van der Waals surface area (Å²) in [7, 11) is 0. The molecule has 0 radical (unpaired) electrons. The summed E-state index contributed by atoms with van der Waals surface area (Å²) in [5.74, 6) is 0.766. The molecule has 0 aromatic carbocycles. The Balaban J connectivity index is 2.57. The molecule has 19 heavy (non-hydrogen) atoms. The molecule has 3 unspecified atom stereocenters. The Labute approximate surface area is 119 Å². The molecule has 0 amide bonds. The van der Waals surface area contributed by atoms with Crippen molar-refractivity contribution < 1.29 is 9.47 Å². The zero-order chi connectivity index (χ0) is 14.3. The van der Waals surface area contributed by atoms with Crippen molar-refractivity contribution >= 4 is 0 Å². The van der Waals surface area contributed by atoms with E-state index in [-0.39, 0.29) is 11.7 Å². The molecule has 0 aromatic rings. The summed E-state index contributed by atoms with van der Waals surface area (Å²) in [5, 5.41) is 3.57. The van der Waals surface area contributed by atoms with Crippen LogP contribution in [0, 0.1) is 5.92 Å². The summed E-state index contributed by atoms with van der Waals surface area (Å²) >= 11 is 0. The fourth-order valence-electron chi connectivity index (χ4n) is 3.06. The van der Waals surface area contributed by atoms with E-state index in [1.807, 2.05) is 6.92 Å². The van der Waals surface area contributed by atoms with Gasteiger partial charge in [0.1, 0.15) is 0 Å². The van der Waals surface area contributed by atoms with Crippen molar-refractivity contribution in [1.82, 2.24) is 5.32 Å². The summed E-state index contributed by atoms with van der Waals surface area (Å²) in [6, 6.07) is 0.514. The maximum Gasteiger partial charge on any atom is 0.0813 e. The zero-order valence-electron chi connectivity index (χ0n) is 13.5. The highest BCUT2D eigenvalue weighted by molar-refractivity contribution is 4.90. The molecule has 1 rings (SSSR count). The van der Waals surface area contributed by atoms with Gasteiger partial charge in [-0.15, -0.1) is 0 Å². The lowest BCUT2D eigenvalue weighted by Gasteiger charge is -2.42. The van der Waals surface area contributed by atoms with Crippen molar-refractivity contribution in [3.8, 4) is 0 Å². The van der Waals surface area contributed by atoms with Gasteiger partial charge in [0.2, 0.25) is 0 Å². The summed E-state index contributed by atoms with van der Waals surface area (Å²) < 4.78 is 11.9. The Hall–Kier alpha value is -0.120. The maximum atomic E-state index is 6.41. The van der Waals surface area contributed by atoms with Crippen LogP contribution in [0.1, 0.15) is 60.3 Å². The smallest absolute Gasteiger partial charge is 0.0813 e. The minimum absolute atomic E-state index is 0.0124. The van der Waals surface area contributed by atoms with Gasteiger partial charge in [-0.3, -0.25) is 0 Å². The van der Waals surface area contributed by atoms with Crippen LogP contribution in [0.5, 0.6) is 0 Å². The van der Waals surface area contributed by atoms with Gasteiger partial charge in [0.05, 0.1) is 18.3 Å². The highest BCUT2D eigenvalue weighted by atomic mass is 16.5. The van der Waals surface area contributed by atoms with Crippen molar-refractivity contribution in [1.29, 1.82) is 0 Å². The molecule has 3 heteroatoms. The first-order chi connectivity index (χ1) is 8.97. The lowest BCUT2D eigenvalue weighted by Crippen LogP contribution is -2.50. The van der Waals surface area contributed by atoms with Gasteiger partial charge in [0.15, 0.2) is 0 Å². The van der Waals surface area contributed by atoms with E-state index in [2.05, 4.69) is 33.0 Å². The van der Waals surface area contributed by atoms with E-state index in [1.54, 1.807) is 0 Å². The highest BCUT2D eigenvalue weighted by Gasteiger charge is 2.37. The predicted octanol–water partition coefficient (Wildman–Crippen LogP) is 3.37. The minimum atomic E-state index is 0.0124. The van der Waals surface area contributed by atoms with E-state index in [0.717, 1.165) is 19.1 Å². The second kappa shape index (κ2) is 8.23. The van der Waals surface area contributed by atoms with Crippen molar-refractivity contribution in [2.75, 3.05) is 19.8 Å². The molecule has 0 spiro atoms. The molecule has 1 aliphatic carbocycles. The van der Waals surface area contributed by atoms with Crippen LogP contribution in [-0.2, 0) is 9.47 Å². The molecular weight excluding hydrogens is 238 g/mol. The lowest BCUT2D eigenvalue weighted by molar-refractivity contribution is -0.133. The van der Waals surface area contributed by atoms with E-state index in [4.69, 9.17) is 9.47 Å². The molecule has 1 aliphatic rings. The topological polar surface area (TPSA) is 30.5 Å². The van der Waals surface area contributed by atoms with E-state index in [9.17, 15) is 0 Å². The van der Waals surface area contributed by atoms with Gasteiger partial charge < -0.3 is 14.8 Å². The number of nitrogens with one attached hydrogen (secondary N) is 1. The zero-order valence-corrected chi connectivity index (χ0v) is 13.5. The number of ether oxygens (including phenoxy) is 2. The molecular formula is C16H33NO2. The summed E-state index contributed by atoms with van der Waals surface area (Å²) in [6.45, 7) is 13.3. The van der Waals surface area contributed by atoms with Gasteiger partial charge in [-0.05, 0) is 32.6 Å². The van der Waals surface area contributed by atoms with Gasteiger partial charge in [0, 0.05) is 19.2 Å². The van der Waals surface area contributed by atoms with Crippen LogP contribution in [-0.4, -0.2) is 37.5 Å². The normalized spacial score (nSPS) is 29.7. The third kappa shape index (κ3) is 6.24. The van der Waals surface area contributed by atoms with Crippen molar-refractivity contribution in [3.05, 3.63) is 0 Å². The monoisotopic (exact) mass is 271 g/mol. The first kappa shape index (κ1) is 16.9. The van der Waals surface area contributed by atoms with Gasteiger partial charge >= 0.3 is 0 Å². The van der Waals surface area contributed by atoms with Crippen LogP contribution >= 0.6 is 0 Å². The van der Waals surface area contributed by atoms with Gasteiger partial charge in [-0.25, -0.2) is 0 Å². The van der Waals surface area contributed by atoms with Crippen molar-refractivity contribution in [3.63, 3.8) is 0 Å². The van der Waals surface area contributed by atoms with Crippen LogP contribution in [0.2, 0.25) is 0 Å². The predicted molar refractivity (Wildman–Crippen MR) is 80.5 cm³/mol. The second-order valence-electron chi connectivity index (χ2n) is 6.51. The Bertz CT molecular complexity index is 245. The molecule has 3 atom stereocenters. The average Bonchev–Trinajstić information content (AvgIpc) is 2.34. The quantitative estimate of drug-likeness (QED) is 0.734. The van der Waals surface area contributed by atoms with Gasteiger partial charge in [-0.2, -0.15) is 0 Å². The SMILES string of the molecule is CCOCC(C)OC1(CNC(C)C)CCCC(C)C1. The fourth-order valence-corrected chi connectivity index (χ4v) is 3.06. The Kier molecular flexibility index (Phi) is 7.33. The van der Waals surface area contributed by atoms with E-state index in [0.29, 0.717) is 12.6 Å². The minimum Gasteiger partial charge on any atom is -0.379 e. The van der Waals surface area contributed by atoms with Crippen LogP contribution in [0.25, 0.3) is 0 Å². The molecule has 0 heterocycles. The molecule has 1 N–H and O–H groups in total. The van der Waals surface area contributed by atoms with Crippen LogP contribution in [0.3, 0.4) is 0 Å². The van der Waals surface area contributed by atoms with E-state index < -0.39 is 0 Å². The van der Waals surface area contributed by atoms with Gasteiger partial charge in [-0.1, -0.05) is 33.6 Å². The summed E-state index contributed by atoms with van der Waals surface area (Å²) in [6.07, 6.45) is 5.14. The van der Waals surface area contributed by atoms with E-state index >= 15 is 0 Å². The van der Waals surface area contributed by atoms with Crippen LogP contribution < -0.4 is 5.32 Å². The molecule has 1 saturated carbocycles. The molecule has 0 saturated heterocycles. The van der Waals surface area contributed by atoms with Crippen molar-refractivity contribution in [2.24, 2.45) is 5.92 Å². The largest absolute Gasteiger partial charge is 0.379 e. The molecule has 0 aromatic heterocycles. The summed E-state index contributed by atoms with van der Waals surface area (Å²) in [4.78, 5) is 0. The Morgan fingerprint density at radius 3 is 2.63 bits per heavy atom. The number of hydrogen-bond acceptors (Lipinski definition) is 3. The standard InChI is InChI=1S/C16H33NO2/c1-6-18-11-15(5)19-16(12-17-13(2)3)9-7-8-14(4)10-16/h13-15,17H,6-12H2,1-5H3. The van der Waals surface area contributed by atoms with E-state index in [1.165, 1.54) is 25.7 Å². The van der Waals surface area contributed by atoms with Crippen molar-refractivity contribution in [2.45, 2.75) is 78.0 Å². The first-order valence-electron chi connectivity index (χ1n) is 7.96. The van der Waals surface area contributed by atoms with Crippen LogP contribution in [0.4, 0.5) is 0 Å². The molecule has 0 aliphatic heterocycles. The molecule has 3 nitrogen and oxygen atoms in total.